The second kappa shape index (κ2) is 23.4. The van der Waals surface area contributed by atoms with Crippen LogP contribution in [0.5, 0.6) is 0 Å². The van der Waals surface area contributed by atoms with Crippen LogP contribution in [0.3, 0.4) is 0 Å². The summed E-state index contributed by atoms with van der Waals surface area (Å²) in [6.45, 7) is 15.9. The molecule has 0 amide bonds. The number of benzene rings is 9. The van der Waals surface area contributed by atoms with Gasteiger partial charge in [-0.25, -0.2) is 0 Å². The Bertz CT molecular complexity index is 3870. The van der Waals surface area contributed by atoms with Gasteiger partial charge in [-0.3, -0.25) is 0 Å². The molecule has 1 aliphatic carbocycles. The molecule has 0 atom stereocenters. The van der Waals surface area contributed by atoms with Crippen molar-refractivity contribution >= 4 is 63.3 Å². The quantitative estimate of drug-likeness (QED) is 0.0767. The topological polar surface area (TPSA) is 9.49 Å². The first-order chi connectivity index (χ1) is 40.7. The second-order valence-electron chi connectivity index (χ2n) is 23.6. The Morgan fingerprint density at radius 3 is 1.26 bits per heavy atom. The summed E-state index contributed by atoms with van der Waals surface area (Å²) in [6.07, 6.45) is 3.99. The van der Waals surface area contributed by atoms with E-state index < -0.39 is 28.9 Å². The number of anilines is 2. The van der Waals surface area contributed by atoms with E-state index in [9.17, 15) is 26.3 Å². The highest BCUT2D eigenvalue weighted by molar-refractivity contribution is 6.32. The van der Waals surface area contributed by atoms with E-state index in [0.717, 1.165) is 50.1 Å². The summed E-state index contributed by atoms with van der Waals surface area (Å²) in [6, 6.07) is 68.1. The molecule has 9 aromatic carbocycles. The molecule has 3 radical (unpaired) electrons. The van der Waals surface area contributed by atoms with Gasteiger partial charge < -0.3 is 23.1 Å². The normalized spacial score (nSPS) is 17.3. The van der Waals surface area contributed by atoms with Crippen LogP contribution in [0.4, 0.5) is 49.1 Å². The Balaban J connectivity index is 0.000000439. The van der Waals surface area contributed by atoms with Crippen LogP contribution in [0, 0.1) is 13.8 Å². The number of fused-ring (bicyclic) bond motifs is 4. The number of rotatable bonds is 10. The van der Waals surface area contributed by atoms with E-state index in [0.29, 0.717) is 12.1 Å². The average molecular weight is 1140 g/mol. The lowest BCUT2D eigenvalue weighted by atomic mass is 9.83. The van der Waals surface area contributed by atoms with Crippen LogP contribution in [0.25, 0.3) is 21.5 Å². The van der Waals surface area contributed by atoms with Crippen LogP contribution >= 0.6 is 0 Å². The van der Waals surface area contributed by atoms with Gasteiger partial charge in [0.15, 0.2) is 0 Å². The molecular formula is C75H67BF6N3. The number of allylic oxidation sites excluding steroid dienone is 8. The third-order valence-electron chi connectivity index (χ3n) is 17.1. The summed E-state index contributed by atoms with van der Waals surface area (Å²) in [5, 5.41) is 5.28. The monoisotopic (exact) mass is 1130 g/mol. The standard InChI is InChI=1S/C67H64N3.C8H3BF6/c1-47-31-37-61-59(45-47)66(3,4)63(68(61)43-41-51-23-17-21-49-19-13-15-29-57(49)51)39-35-53-33-34-54(65(53)70(55-25-9-7-10-26-55)56-27-11-8-12-28-56)36-40-64-67(5,6)60-46-48(2)32-38-62(60)69(64)44-42-52-24-18-22-50-20-14-16-30-58(50)52;9-6-2-4(7(10,11)12)1-5(3-6)8(13,14)15/h7-32,35-40,45-46H,33-34,41-44H2,1-6H3;1-3H/q+1;-1. The van der Waals surface area contributed by atoms with Crippen molar-refractivity contribution in [2.45, 2.75) is 90.4 Å². The Hall–Kier alpha value is -8.63. The zero-order chi connectivity index (χ0) is 59.8. The minimum atomic E-state index is -4.84. The van der Waals surface area contributed by atoms with Crippen LogP contribution in [0.2, 0.25) is 0 Å². The maximum absolute atomic E-state index is 12.1. The Morgan fingerprint density at radius 2 is 0.847 bits per heavy atom. The third-order valence-corrected chi connectivity index (χ3v) is 17.1. The van der Waals surface area contributed by atoms with E-state index >= 15 is 0 Å². The van der Waals surface area contributed by atoms with Crippen LogP contribution in [-0.2, 0) is 36.0 Å². The zero-order valence-corrected chi connectivity index (χ0v) is 48.8. The number of para-hydroxylation sites is 2. The number of hydrogen-bond acceptors (Lipinski definition) is 2. The van der Waals surface area contributed by atoms with Crippen LogP contribution < -0.4 is 19.8 Å². The van der Waals surface area contributed by atoms with E-state index in [1.807, 2.05) is 0 Å². The first-order valence-corrected chi connectivity index (χ1v) is 29.0. The molecule has 2 heterocycles. The number of alkyl halides is 6. The third kappa shape index (κ3) is 11.9. The molecule has 85 heavy (non-hydrogen) atoms. The first kappa shape index (κ1) is 58.2. The molecule has 3 aliphatic rings. The SMILES string of the molecule is Cc1ccc2c(c1)C(C)(C)C(=CC=C1CCC(=C/C=C3/N(CCc4cccc5ccccc45)c4ccc(C)cc4C3(C)C)C1=[N+](c1ccccc1)c1ccccc1)N2CCc1cccc2ccccc12.[B-]c1cc(C(F)(F)F)cc(C(F)(F)F)c1. The van der Waals surface area contributed by atoms with Gasteiger partial charge in [0.1, 0.15) is 0 Å². The Morgan fingerprint density at radius 1 is 0.459 bits per heavy atom. The fourth-order valence-electron chi connectivity index (χ4n) is 12.8. The highest BCUT2D eigenvalue weighted by Gasteiger charge is 2.42. The summed E-state index contributed by atoms with van der Waals surface area (Å²) in [4.78, 5) is 5.23. The minimum Gasteiger partial charge on any atom is -0.580 e. The number of nitrogens with zero attached hydrogens (tertiary/aromatic N) is 3. The molecule has 1 saturated carbocycles. The average Bonchev–Trinajstić information content (AvgIpc) is 1.87. The van der Waals surface area contributed by atoms with E-state index in [-0.39, 0.29) is 16.9 Å². The van der Waals surface area contributed by atoms with Crippen molar-refractivity contribution in [2.75, 3.05) is 22.9 Å². The number of halogens is 6. The van der Waals surface area contributed by atoms with Crippen molar-refractivity contribution < 1.29 is 26.3 Å². The smallest absolute Gasteiger partial charge is 0.416 e. The Labute approximate surface area is 496 Å². The summed E-state index contributed by atoms with van der Waals surface area (Å²) in [7, 11) is 4.95. The van der Waals surface area contributed by atoms with Crippen LogP contribution in [-0.4, -0.2) is 26.6 Å². The molecule has 12 rings (SSSR count). The second-order valence-corrected chi connectivity index (χ2v) is 23.6. The molecule has 0 bridgehead atoms. The minimum absolute atomic E-state index is 0.0242. The highest BCUT2D eigenvalue weighted by atomic mass is 19.4. The van der Waals surface area contributed by atoms with E-state index in [1.165, 1.54) is 94.6 Å². The molecule has 0 N–H and O–H groups in total. The molecule has 427 valence electrons. The lowest BCUT2D eigenvalue weighted by Crippen LogP contribution is -2.28. The van der Waals surface area contributed by atoms with Crippen molar-refractivity contribution in [1.82, 2.24) is 4.58 Å². The fourth-order valence-corrected chi connectivity index (χ4v) is 12.8. The van der Waals surface area contributed by atoms with Crippen molar-refractivity contribution in [3.8, 4) is 0 Å². The highest BCUT2D eigenvalue weighted by Crippen LogP contribution is 2.50. The predicted molar refractivity (Wildman–Crippen MR) is 341 cm³/mol. The van der Waals surface area contributed by atoms with Gasteiger partial charge in [0.25, 0.3) is 0 Å². The summed E-state index contributed by atoms with van der Waals surface area (Å²) < 4.78 is 75.2. The number of hydrogen-bond donors (Lipinski definition) is 0. The summed E-state index contributed by atoms with van der Waals surface area (Å²) >= 11 is 0. The molecule has 0 unspecified atom stereocenters. The Kier molecular flexibility index (Phi) is 16.0. The number of aryl methyl sites for hydroxylation is 2. The van der Waals surface area contributed by atoms with Gasteiger partial charge >= 0.3 is 12.4 Å². The van der Waals surface area contributed by atoms with E-state index in [4.69, 9.17) is 7.85 Å². The fraction of sp³-hybridized carbons (Fsp3) is 0.213. The largest absolute Gasteiger partial charge is 0.580 e. The molecule has 1 fully saturated rings. The predicted octanol–water partition coefficient (Wildman–Crippen LogP) is 18.9. The molecule has 0 saturated heterocycles. The van der Waals surface area contributed by atoms with Crippen molar-refractivity contribution in [2.24, 2.45) is 0 Å². The van der Waals surface area contributed by atoms with Crippen molar-refractivity contribution in [3.63, 3.8) is 0 Å². The van der Waals surface area contributed by atoms with E-state index in [2.05, 4.69) is 262 Å². The molecule has 0 spiro atoms. The summed E-state index contributed by atoms with van der Waals surface area (Å²) in [5.74, 6) is 0. The molecule has 10 heteroatoms. The van der Waals surface area contributed by atoms with Gasteiger partial charge in [-0.05, 0) is 114 Å². The van der Waals surface area contributed by atoms with E-state index in [1.54, 1.807) is 0 Å². The maximum Gasteiger partial charge on any atom is 0.416 e. The lowest BCUT2D eigenvalue weighted by Gasteiger charge is -2.27. The van der Waals surface area contributed by atoms with Crippen LogP contribution in [0.15, 0.2) is 247 Å². The van der Waals surface area contributed by atoms with Gasteiger partial charge in [0, 0.05) is 82.1 Å². The lowest BCUT2D eigenvalue weighted by molar-refractivity contribution is -0.143. The van der Waals surface area contributed by atoms with Gasteiger partial charge in [-0.15, -0.1) is 0 Å². The molecule has 0 aromatic heterocycles. The molecular weight excluding hydrogens is 1070 g/mol. The molecule has 9 aromatic rings. The van der Waals surface area contributed by atoms with Crippen molar-refractivity contribution in [1.29, 1.82) is 0 Å². The van der Waals surface area contributed by atoms with Gasteiger partial charge in [0.2, 0.25) is 17.1 Å². The molecule has 3 nitrogen and oxygen atoms in total. The van der Waals surface area contributed by atoms with Crippen LogP contribution in [0.1, 0.15) is 85.0 Å². The van der Waals surface area contributed by atoms with Crippen molar-refractivity contribution in [3.05, 3.63) is 292 Å². The summed E-state index contributed by atoms with van der Waals surface area (Å²) in [5.41, 5.74) is 16.0. The first-order valence-electron chi connectivity index (χ1n) is 29.0. The molecule has 2 aliphatic heterocycles. The maximum atomic E-state index is 12.1. The van der Waals surface area contributed by atoms with Gasteiger partial charge in [-0.1, -0.05) is 209 Å². The van der Waals surface area contributed by atoms with Gasteiger partial charge in [-0.2, -0.15) is 30.9 Å². The van der Waals surface area contributed by atoms with Gasteiger partial charge in [0.05, 0.1) is 11.1 Å². The zero-order valence-electron chi connectivity index (χ0n) is 48.8.